The predicted molar refractivity (Wildman–Crippen MR) is 95.5 cm³/mol. The summed E-state index contributed by atoms with van der Waals surface area (Å²) >= 11 is 1.16. The topological polar surface area (TPSA) is 178 Å². The van der Waals surface area contributed by atoms with Gasteiger partial charge in [-0.05, 0) is 19.4 Å². The van der Waals surface area contributed by atoms with E-state index >= 15 is 0 Å². The normalized spacial score (nSPS) is 24.7. The first-order valence-electron chi connectivity index (χ1n) is 7.96. The maximum absolute atomic E-state index is 12.5. The van der Waals surface area contributed by atoms with Crippen LogP contribution in [0, 0.1) is 0 Å². The minimum Gasteiger partial charge on any atom is -0.747 e. The summed E-state index contributed by atoms with van der Waals surface area (Å²) in [5.41, 5.74) is -0.0133. The molecule has 2 aliphatic heterocycles. The fourth-order valence-corrected chi connectivity index (χ4v) is 5.87. The zero-order valence-corrected chi connectivity index (χ0v) is 22.5. The van der Waals surface area contributed by atoms with Crippen LogP contribution in [-0.2, 0) is 24.5 Å². The summed E-state index contributed by atoms with van der Waals surface area (Å²) in [6.07, 6.45) is 0. The number of fused-ring (bicyclic) bond motifs is 1. The van der Waals surface area contributed by atoms with Gasteiger partial charge in [0.05, 0.1) is 12.0 Å². The van der Waals surface area contributed by atoms with Crippen molar-refractivity contribution in [2.45, 2.75) is 41.3 Å². The molecule has 0 saturated carbocycles. The molecule has 2 aliphatic rings. The van der Waals surface area contributed by atoms with Gasteiger partial charge in [-0.3, -0.25) is 9.59 Å². The number of hydrogen-bond acceptors (Lipinski definition) is 8. The van der Waals surface area contributed by atoms with E-state index < -0.39 is 55.4 Å². The minimum atomic E-state index is -5.03. The number of benzene rings is 1. The van der Waals surface area contributed by atoms with E-state index in [1.54, 1.807) is 19.9 Å². The van der Waals surface area contributed by atoms with Gasteiger partial charge in [0.15, 0.2) is 5.25 Å². The third-order valence-electron chi connectivity index (χ3n) is 4.59. The molecule has 30 heavy (non-hydrogen) atoms. The van der Waals surface area contributed by atoms with Crippen LogP contribution < -0.4 is 69.5 Å². The smallest absolute Gasteiger partial charge is 0.747 e. The molecule has 2 amide bonds. The Hall–Kier alpha value is -0.150. The third kappa shape index (κ3) is 5.42. The molecule has 154 valence electrons. The summed E-state index contributed by atoms with van der Waals surface area (Å²) in [7, 11) is -5.03. The number of thioether (sulfide) groups is 1. The van der Waals surface area contributed by atoms with Gasteiger partial charge >= 0.3 is 59.1 Å². The molecule has 1 aromatic carbocycles. The third-order valence-corrected chi connectivity index (χ3v) is 7.23. The molecule has 14 heteroatoms. The predicted octanol–water partition coefficient (Wildman–Crippen LogP) is -8.25. The van der Waals surface area contributed by atoms with Crippen LogP contribution in [0.2, 0.25) is 0 Å². The first kappa shape index (κ1) is 29.9. The average Bonchev–Trinajstić information content (AvgIpc) is 2.81. The van der Waals surface area contributed by atoms with E-state index in [0.29, 0.717) is 0 Å². The molecule has 0 radical (unpaired) electrons. The summed E-state index contributed by atoms with van der Waals surface area (Å²) in [4.78, 5) is 37.4. The van der Waals surface area contributed by atoms with E-state index in [-0.39, 0.29) is 70.2 Å². The Morgan fingerprint density at radius 1 is 1.20 bits per heavy atom. The molecule has 4 unspecified atom stereocenters. The largest absolute Gasteiger partial charge is 1.00 e. The maximum Gasteiger partial charge on any atom is 1.00 e. The molecular formula is C16H18N2Na2O8S2. The van der Waals surface area contributed by atoms with Crippen molar-refractivity contribution < 1.29 is 97.1 Å². The summed E-state index contributed by atoms with van der Waals surface area (Å²) in [5.74, 6) is -3.18. The van der Waals surface area contributed by atoms with E-state index in [0.717, 1.165) is 16.7 Å². The number of rotatable bonds is 5. The standard InChI is InChI=1S/C16H18N2O7S2.2Na.H2O/c1-16(2)11(15(21)22)18-13(20)9(14(18)26-16)17-12(19)10(27(23,24)25)8-6-4-3-5-7-8;;;/h3-7,9-11,14H,1-2H3,(H,17,19)(H,21,22)(H,23,24,25);;;1H2/q;2*+1;/p-2. The van der Waals surface area contributed by atoms with Gasteiger partial charge in [0.25, 0.3) is 0 Å². The van der Waals surface area contributed by atoms with Gasteiger partial charge in [0, 0.05) is 4.75 Å². The number of nitrogens with one attached hydrogen (secondary N) is 1. The van der Waals surface area contributed by atoms with Crippen molar-refractivity contribution in [2.24, 2.45) is 0 Å². The molecule has 3 rings (SSSR count). The van der Waals surface area contributed by atoms with Gasteiger partial charge in [0.2, 0.25) is 11.8 Å². The molecule has 2 heterocycles. The molecule has 1 aromatic rings. The van der Waals surface area contributed by atoms with E-state index in [9.17, 15) is 32.5 Å². The Balaban J connectivity index is 0.00000280. The van der Waals surface area contributed by atoms with Crippen molar-refractivity contribution in [1.82, 2.24) is 10.2 Å². The molecule has 10 nitrogen and oxygen atoms in total. The van der Waals surface area contributed by atoms with Crippen molar-refractivity contribution in [2.75, 3.05) is 0 Å². The van der Waals surface area contributed by atoms with Crippen molar-refractivity contribution in [1.29, 1.82) is 0 Å². The molecule has 0 aromatic heterocycles. The number of β-lactam (4-membered cyclic amide) rings is 1. The molecule has 4 atom stereocenters. The number of hydrogen-bond donors (Lipinski definition) is 1. The van der Waals surface area contributed by atoms with Crippen LogP contribution in [0.1, 0.15) is 24.7 Å². The zero-order valence-electron chi connectivity index (χ0n) is 16.8. The maximum atomic E-state index is 12.5. The quantitative estimate of drug-likeness (QED) is 0.247. The fraction of sp³-hybridized carbons (Fsp3) is 0.438. The second-order valence-electron chi connectivity index (χ2n) is 6.85. The Kier molecular flexibility index (Phi) is 10.6. The molecule has 0 spiro atoms. The number of carboxylic acids is 1. The van der Waals surface area contributed by atoms with E-state index in [1.807, 2.05) is 0 Å². The molecule has 3 N–H and O–H groups in total. The van der Waals surface area contributed by atoms with E-state index in [2.05, 4.69) is 5.32 Å². The zero-order chi connectivity index (χ0) is 20.1. The summed E-state index contributed by atoms with van der Waals surface area (Å²) < 4.78 is 34.0. The van der Waals surface area contributed by atoms with Crippen molar-refractivity contribution >= 4 is 39.7 Å². The number of carbonyl (C=O) groups excluding carboxylic acids is 3. The van der Waals surface area contributed by atoms with Gasteiger partial charge < -0.3 is 30.1 Å². The number of amides is 2. The van der Waals surface area contributed by atoms with Crippen molar-refractivity contribution in [3.8, 4) is 0 Å². The molecule has 0 bridgehead atoms. The summed E-state index contributed by atoms with van der Waals surface area (Å²) in [5, 5.41) is 11.0. The monoisotopic (exact) mass is 476 g/mol. The Bertz CT molecular complexity index is 913. The summed E-state index contributed by atoms with van der Waals surface area (Å²) in [6.45, 7) is 3.27. The Labute approximate surface area is 222 Å². The van der Waals surface area contributed by atoms with Crippen LogP contribution in [0.4, 0.5) is 0 Å². The van der Waals surface area contributed by atoms with Crippen molar-refractivity contribution in [3.05, 3.63) is 35.9 Å². The van der Waals surface area contributed by atoms with Crippen LogP contribution in [-0.4, -0.2) is 63.3 Å². The molecule has 2 saturated heterocycles. The van der Waals surface area contributed by atoms with Gasteiger partial charge in [-0.25, -0.2) is 8.42 Å². The van der Waals surface area contributed by atoms with Crippen LogP contribution in [0.25, 0.3) is 0 Å². The van der Waals surface area contributed by atoms with Gasteiger partial charge in [-0.1, -0.05) is 30.3 Å². The van der Waals surface area contributed by atoms with Crippen LogP contribution in [0.5, 0.6) is 0 Å². The van der Waals surface area contributed by atoms with Crippen LogP contribution in [0.3, 0.4) is 0 Å². The number of carboxylic acid groups (broad SMARTS) is 1. The second kappa shape index (κ2) is 10.6. The van der Waals surface area contributed by atoms with E-state index in [1.165, 1.54) is 24.3 Å². The Morgan fingerprint density at radius 2 is 1.73 bits per heavy atom. The molecule has 2 fully saturated rings. The minimum absolute atomic E-state index is 0. The fourth-order valence-electron chi connectivity index (χ4n) is 3.43. The van der Waals surface area contributed by atoms with Gasteiger partial charge in [-0.15, -0.1) is 11.8 Å². The number of nitrogens with zero attached hydrogens (tertiary/aromatic N) is 1. The molecular weight excluding hydrogens is 458 g/mol. The average molecular weight is 476 g/mol. The number of aliphatic carboxylic acids is 1. The first-order valence-corrected chi connectivity index (χ1v) is 10.3. The van der Waals surface area contributed by atoms with Crippen LogP contribution >= 0.6 is 11.8 Å². The molecule has 0 aliphatic carbocycles. The second-order valence-corrected chi connectivity index (χ2v) is 10.1. The van der Waals surface area contributed by atoms with Gasteiger partial charge in [-0.2, -0.15) is 0 Å². The number of carbonyl (C=O) groups is 3. The van der Waals surface area contributed by atoms with E-state index in [4.69, 9.17) is 0 Å². The Morgan fingerprint density at radius 3 is 2.20 bits per heavy atom. The van der Waals surface area contributed by atoms with Crippen LogP contribution in [0.15, 0.2) is 30.3 Å². The first-order chi connectivity index (χ1) is 12.4. The SMILES string of the molecule is CC1(C)SC2C(NC(=O)C(c3ccccc3)S(=O)(=O)[O-])C(=O)N2C1C(=O)[O-].O.[Na+].[Na+]. The van der Waals surface area contributed by atoms with Crippen molar-refractivity contribution in [3.63, 3.8) is 0 Å². The summed E-state index contributed by atoms with van der Waals surface area (Å²) in [6, 6.07) is 4.94. The van der Waals surface area contributed by atoms with Gasteiger partial charge in [0.1, 0.15) is 21.5 Å².